The number of alkyl carbamates (subject to hydrolysis) is 1. The Hall–Kier alpha value is -5.02. The molecule has 2 saturated heterocycles. The average Bonchev–Trinajstić information content (AvgIpc) is 3.57. The molecule has 2 aliphatic heterocycles. The zero-order valence-corrected chi connectivity index (χ0v) is 21.9. The SMILES string of the molecule is COC(=O)NCC1CN(c2cc(F)c(N3CCN(C(=O)CNC(=O)c4cn5ccncc5n4)CC3)c(F)c2)C(=O)O1. The zero-order valence-electron chi connectivity index (χ0n) is 21.9. The number of aromatic nitrogens is 3. The van der Waals surface area contributed by atoms with E-state index in [1.54, 1.807) is 16.8 Å². The van der Waals surface area contributed by atoms with Crippen LogP contribution in [0.5, 0.6) is 0 Å². The van der Waals surface area contributed by atoms with Gasteiger partial charge in [-0.05, 0) is 0 Å². The van der Waals surface area contributed by atoms with Gasteiger partial charge in [-0.25, -0.2) is 23.4 Å². The number of carbonyl (C=O) groups excluding carboxylic acids is 4. The maximum Gasteiger partial charge on any atom is 0.414 e. The van der Waals surface area contributed by atoms with Crippen LogP contribution in [0.1, 0.15) is 10.5 Å². The summed E-state index contributed by atoms with van der Waals surface area (Å²) >= 11 is 0. The molecule has 4 heterocycles. The van der Waals surface area contributed by atoms with Gasteiger partial charge in [0.05, 0.1) is 38.6 Å². The van der Waals surface area contributed by atoms with Crippen LogP contribution in [0.15, 0.2) is 36.9 Å². The van der Waals surface area contributed by atoms with Gasteiger partial charge < -0.3 is 34.3 Å². The van der Waals surface area contributed by atoms with Crippen LogP contribution in [0.4, 0.5) is 29.7 Å². The van der Waals surface area contributed by atoms with Crippen molar-refractivity contribution in [1.82, 2.24) is 29.9 Å². The van der Waals surface area contributed by atoms with Crippen LogP contribution in [0.3, 0.4) is 0 Å². The number of benzene rings is 1. The molecular weight excluding hydrogens is 546 g/mol. The second-order valence-electron chi connectivity index (χ2n) is 9.27. The maximum absolute atomic E-state index is 15.1. The highest BCUT2D eigenvalue weighted by molar-refractivity contribution is 5.95. The van der Waals surface area contributed by atoms with Gasteiger partial charge in [0.25, 0.3) is 5.91 Å². The third-order valence-electron chi connectivity index (χ3n) is 6.69. The number of imidazole rings is 1. The first-order valence-electron chi connectivity index (χ1n) is 12.6. The van der Waals surface area contributed by atoms with Gasteiger partial charge in [-0.1, -0.05) is 0 Å². The molecule has 0 aliphatic carbocycles. The molecule has 0 bridgehead atoms. The topological polar surface area (TPSA) is 151 Å². The highest BCUT2D eigenvalue weighted by Crippen LogP contribution is 2.31. The highest BCUT2D eigenvalue weighted by atomic mass is 19.1. The maximum atomic E-state index is 15.1. The summed E-state index contributed by atoms with van der Waals surface area (Å²) in [5, 5.41) is 4.95. The highest BCUT2D eigenvalue weighted by Gasteiger charge is 2.34. The first-order chi connectivity index (χ1) is 19.7. The largest absolute Gasteiger partial charge is 0.453 e. The molecule has 5 rings (SSSR count). The molecule has 2 aliphatic rings. The molecular formula is C25H26F2N8O6. The number of hydrogen-bond acceptors (Lipinski definition) is 9. The lowest BCUT2D eigenvalue weighted by atomic mass is 10.2. The first-order valence-corrected chi connectivity index (χ1v) is 12.6. The monoisotopic (exact) mass is 572 g/mol. The normalized spacial score (nSPS) is 17.0. The number of nitrogens with zero attached hydrogens (tertiary/aromatic N) is 6. The van der Waals surface area contributed by atoms with Crippen LogP contribution < -0.4 is 20.4 Å². The molecule has 0 spiro atoms. The number of fused-ring (bicyclic) bond motifs is 1. The number of hydrogen-bond donors (Lipinski definition) is 2. The summed E-state index contributed by atoms with van der Waals surface area (Å²) in [5.74, 6) is -2.61. The zero-order chi connectivity index (χ0) is 29.1. The molecule has 2 aromatic heterocycles. The van der Waals surface area contributed by atoms with Crippen molar-refractivity contribution in [3.05, 3.63) is 54.2 Å². The summed E-state index contributed by atoms with van der Waals surface area (Å²) < 4.78 is 41.5. The summed E-state index contributed by atoms with van der Waals surface area (Å²) in [5.41, 5.74) is 0.332. The van der Waals surface area contributed by atoms with Gasteiger partial charge in [-0.3, -0.25) is 19.5 Å². The molecule has 2 fully saturated rings. The molecule has 41 heavy (non-hydrogen) atoms. The standard InChI is InChI=1S/C25H26F2N8O6/c1-40-24(38)30-10-16-13-35(25(39)41-16)15-8-17(26)22(18(27)9-15)33-6-4-32(5-7-33)21(36)12-29-23(37)19-14-34-3-2-28-11-20(34)31-19/h2-3,8-9,11,14,16H,4-7,10,12-13H2,1H3,(H,29,37)(H,30,38). The molecule has 216 valence electrons. The van der Waals surface area contributed by atoms with Gasteiger partial charge in [0.2, 0.25) is 5.91 Å². The van der Waals surface area contributed by atoms with Crippen molar-refractivity contribution < 1.29 is 37.4 Å². The number of carbonyl (C=O) groups is 4. The van der Waals surface area contributed by atoms with E-state index in [4.69, 9.17) is 4.74 Å². The van der Waals surface area contributed by atoms with E-state index in [0.29, 0.717) is 5.65 Å². The third-order valence-corrected chi connectivity index (χ3v) is 6.69. The first kappa shape index (κ1) is 27.5. The predicted octanol–water partition coefficient (Wildman–Crippen LogP) is 0.767. The number of piperazine rings is 1. The Morgan fingerprint density at radius 1 is 1.12 bits per heavy atom. The number of methoxy groups -OCH3 is 1. The number of rotatable bonds is 7. The van der Waals surface area contributed by atoms with Crippen LogP contribution in [0.25, 0.3) is 5.65 Å². The fraction of sp³-hybridized carbons (Fsp3) is 0.360. The van der Waals surface area contributed by atoms with Crippen molar-refractivity contribution in [3.8, 4) is 0 Å². The van der Waals surface area contributed by atoms with Crippen molar-refractivity contribution in [2.45, 2.75) is 6.10 Å². The minimum Gasteiger partial charge on any atom is -0.453 e. The fourth-order valence-electron chi connectivity index (χ4n) is 4.61. The molecule has 1 atom stereocenters. The van der Waals surface area contributed by atoms with E-state index in [0.717, 1.165) is 17.0 Å². The van der Waals surface area contributed by atoms with Crippen molar-refractivity contribution in [2.75, 3.05) is 62.7 Å². The molecule has 3 aromatic rings. The van der Waals surface area contributed by atoms with Crippen molar-refractivity contribution in [1.29, 1.82) is 0 Å². The van der Waals surface area contributed by atoms with E-state index in [1.807, 2.05) is 0 Å². The van der Waals surface area contributed by atoms with Crippen LogP contribution in [0, 0.1) is 11.6 Å². The summed E-state index contributed by atoms with van der Waals surface area (Å²) in [4.78, 5) is 60.7. The Bertz CT molecular complexity index is 1440. The summed E-state index contributed by atoms with van der Waals surface area (Å²) in [6, 6.07) is 2.08. The van der Waals surface area contributed by atoms with Gasteiger partial charge in [0, 0.05) is 56.9 Å². The van der Waals surface area contributed by atoms with Gasteiger partial charge in [0.1, 0.15) is 17.5 Å². The van der Waals surface area contributed by atoms with Gasteiger partial charge in [-0.2, -0.15) is 0 Å². The number of nitrogens with one attached hydrogen (secondary N) is 2. The lowest BCUT2D eigenvalue weighted by molar-refractivity contribution is -0.130. The van der Waals surface area contributed by atoms with E-state index in [2.05, 4.69) is 25.3 Å². The van der Waals surface area contributed by atoms with Crippen molar-refractivity contribution >= 4 is 41.0 Å². The minimum atomic E-state index is -0.876. The fourth-order valence-corrected chi connectivity index (χ4v) is 4.61. The van der Waals surface area contributed by atoms with Crippen LogP contribution in [-0.2, 0) is 14.3 Å². The summed E-state index contributed by atoms with van der Waals surface area (Å²) in [6.07, 6.45) is 4.01. The van der Waals surface area contributed by atoms with Gasteiger partial charge in [-0.15, -0.1) is 0 Å². The molecule has 0 radical (unpaired) electrons. The van der Waals surface area contributed by atoms with E-state index >= 15 is 8.78 Å². The average molecular weight is 573 g/mol. The molecule has 1 aromatic carbocycles. The third kappa shape index (κ3) is 5.95. The van der Waals surface area contributed by atoms with Crippen molar-refractivity contribution in [3.63, 3.8) is 0 Å². The predicted molar refractivity (Wildman–Crippen MR) is 138 cm³/mol. The molecule has 16 heteroatoms. The molecule has 14 nitrogen and oxygen atoms in total. The smallest absolute Gasteiger partial charge is 0.414 e. The Balaban J connectivity index is 1.14. The van der Waals surface area contributed by atoms with Crippen molar-refractivity contribution in [2.24, 2.45) is 0 Å². The second kappa shape index (κ2) is 11.6. The van der Waals surface area contributed by atoms with E-state index in [1.165, 1.54) is 29.3 Å². The number of halogens is 2. The van der Waals surface area contributed by atoms with Gasteiger partial charge >= 0.3 is 12.2 Å². The number of cyclic esters (lactones) is 1. The molecule has 0 saturated carbocycles. The van der Waals surface area contributed by atoms with Crippen LogP contribution in [-0.4, -0.2) is 102 Å². The Kier molecular flexibility index (Phi) is 7.80. The number of amides is 4. The number of ether oxygens (including phenoxy) is 2. The van der Waals surface area contributed by atoms with E-state index in [9.17, 15) is 19.2 Å². The molecule has 4 amide bonds. The molecule has 2 N–H and O–H groups in total. The summed E-state index contributed by atoms with van der Waals surface area (Å²) in [6.45, 7) is 0.365. The second-order valence-corrected chi connectivity index (χ2v) is 9.27. The Morgan fingerprint density at radius 2 is 1.85 bits per heavy atom. The van der Waals surface area contributed by atoms with Gasteiger partial charge in [0.15, 0.2) is 17.3 Å². The number of anilines is 2. The van der Waals surface area contributed by atoms with E-state index in [-0.39, 0.29) is 68.8 Å². The summed E-state index contributed by atoms with van der Waals surface area (Å²) in [7, 11) is 1.19. The lowest BCUT2D eigenvalue weighted by Gasteiger charge is -2.36. The van der Waals surface area contributed by atoms with Crippen LogP contribution >= 0.6 is 0 Å². The Labute approximate surface area is 231 Å². The van der Waals surface area contributed by atoms with E-state index < -0.39 is 35.8 Å². The van der Waals surface area contributed by atoms with Crippen LogP contribution in [0.2, 0.25) is 0 Å². The minimum absolute atomic E-state index is 0.0211. The quantitative estimate of drug-likeness (QED) is 0.418. The lowest BCUT2D eigenvalue weighted by Crippen LogP contribution is -2.51. The molecule has 1 unspecified atom stereocenters. The Morgan fingerprint density at radius 3 is 2.54 bits per heavy atom.